The molecule has 2 aromatic carbocycles. The SMILES string of the molecule is CON1C=c2ncnc(Nc3ccc(OCc4ccccc4)cc3)c2=CC1OCCCN(C)CCS(C)(=O)=O. The Morgan fingerprint density at radius 2 is 1.82 bits per heavy atom. The first kappa shape index (κ1) is 28.5. The summed E-state index contributed by atoms with van der Waals surface area (Å²) in [5.41, 5.74) is 1.97. The molecule has 2 heterocycles. The van der Waals surface area contributed by atoms with Crippen molar-refractivity contribution < 1.29 is 22.7 Å². The predicted octanol–water partition coefficient (Wildman–Crippen LogP) is 1.90. The van der Waals surface area contributed by atoms with Gasteiger partial charge in [-0.05, 0) is 49.4 Å². The first-order chi connectivity index (χ1) is 18.8. The van der Waals surface area contributed by atoms with Crippen molar-refractivity contribution in [1.29, 1.82) is 0 Å². The van der Waals surface area contributed by atoms with Gasteiger partial charge in [0.2, 0.25) is 0 Å². The molecule has 10 nitrogen and oxygen atoms in total. The lowest BCUT2D eigenvalue weighted by atomic mass is 10.2. The Bertz CT molecular complexity index is 1440. The molecule has 1 unspecified atom stereocenters. The van der Waals surface area contributed by atoms with Crippen molar-refractivity contribution in [2.75, 3.05) is 51.2 Å². The molecule has 0 saturated carbocycles. The van der Waals surface area contributed by atoms with Crippen LogP contribution in [0.4, 0.5) is 11.5 Å². The number of hydrogen-bond donors (Lipinski definition) is 1. The number of benzene rings is 2. The van der Waals surface area contributed by atoms with E-state index < -0.39 is 16.1 Å². The number of hydrogen-bond acceptors (Lipinski definition) is 10. The van der Waals surface area contributed by atoms with Gasteiger partial charge in [-0.3, -0.25) is 4.84 Å². The second-order valence-corrected chi connectivity index (χ2v) is 11.6. The van der Waals surface area contributed by atoms with Gasteiger partial charge in [0.1, 0.15) is 34.3 Å². The molecule has 0 radical (unpaired) electrons. The maximum absolute atomic E-state index is 11.4. The van der Waals surface area contributed by atoms with E-state index in [1.807, 2.05) is 72.6 Å². The average molecular weight is 554 g/mol. The highest BCUT2D eigenvalue weighted by Gasteiger charge is 2.19. The Morgan fingerprint density at radius 3 is 2.54 bits per heavy atom. The molecule has 0 fully saturated rings. The second kappa shape index (κ2) is 13.5. The Balaban J connectivity index is 1.37. The number of nitrogens with one attached hydrogen (secondary N) is 1. The fourth-order valence-corrected chi connectivity index (χ4v) is 4.59. The third kappa shape index (κ3) is 8.75. The minimum Gasteiger partial charge on any atom is -0.489 e. The first-order valence-electron chi connectivity index (χ1n) is 12.7. The van der Waals surface area contributed by atoms with Crippen molar-refractivity contribution in [3.8, 4) is 5.75 Å². The van der Waals surface area contributed by atoms with Crippen molar-refractivity contribution >= 4 is 33.6 Å². The van der Waals surface area contributed by atoms with E-state index in [9.17, 15) is 8.42 Å². The van der Waals surface area contributed by atoms with Crippen LogP contribution < -0.4 is 20.6 Å². The molecule has 3 aromatic rings. The Morgan fingerprint density at radius 1 is 1.05 bits per heavy atom. The van der Waals surface area contributed by atoms with Crippen LogP contribution >= 0.6 is 0 Å². The summed E-state index contributed by atoms with van der Waals surface area (Å²) >= 11 is 0. The second-order valence-electron chi connectivity index (χ2n) is 9.33. The van der Waals surface area contributed by atoms with E-state index in [0.29, 0.717) is 30.9 Å². The lowest BCUT2D eigenvalue weighted by molar-refractivity contribution is -0.167. The van der Waals surface area contributed by atoms with Gasteiger partial charge in [-0.2, -0.15) is 0 Å². The third-order valence-electron chi connectivity index (χ3n) is 6.12. The van der Waals surface area contributed by atoms with Gasteiger partial charge in [0.15, 0.2) is 6.23 Å². The van der Waals surface area contributed by atoms with Gasteiger partial charge in [0, 0.05) is 30.3 Å². The molecule has 0 spiro atoms. The van der Waals surface area contributed by atoms with Crippen LogP contribution in [-0.2, 0) is 26.0 Å². The number of hydroxylamine groups is 2. The van der Waals surface area contributed by atoms with E-state index in [0.717, 1.165) is 35.2 Å². The van der Waals surface area contributed by atoms with E-state index in [-0.39, 0.29) is 5.75 Å². The van der Waals surface area contributed by atoms with Gasteiger partial charge >= 0.3 is 0 Å². The molecular formula is C28H35N5O5S. The Kier molecular flexibility index (Phi) is 9.88. The van der Waals surface area contributed by atoms with E-state index in [1.54, 1.807) is 18.4 Å². The lowest BCUT2D eigenvalue weighted by Gasteiger charge is -2.28. The Labute approximate surface area is 229 Å². The predicted molar refractivity (Wildman–Crippen MR) is 151 cm³/mol. The molecule has 1 aliphatic rings. The lowest BCUT2D eigenvalue weighted by Crippen LogP contribution is -2.45. The standard InChI is InChI=1S/C28H35N5O5S/c1-32(15-17-39(3,34)35)14-7-16-37-27-18-25-26(19-33(27)36-2)29-21-30-28(25)31-23-10-12-24(13-11-23)38-20-22-8-5-4-6-9-22/h4-6,8-13,18-19,21,27H,7,14-17,20H2,1-3H3,(H,29,30,31). The fourth-order valence-electron chi connectivity index (χ4n) is 3.95. The summed E-state index contributed by atoms with van der Waals surface area (Å²) < 4.78 is 34.7. The molecular weight excluding hydrogens is 518 g/mol. The zero-order chi connectivity index (χ0) is 27.7. The molecule has 0 bridgehead atoms. The number of nitrogens with zero attached hydrogens (tertiary/aromatic N) is 4. The van der Waals surface area contributed by atoms with Crippen molar-refractivity contribution in [2.24, 2.45) is 0 Å². The average Bonchev–Trinajstić information content (AvgIpc) is 2.94. The fraction of sp³-hybridized carbons (Fsp3) is 0.357. The summed E-state index contributed by atoms with van der Waals surface area (Å²) in [4.78, 5) is 16.3. The van der Waals surface area contributed by atoms with E-state index >= 15 is 0 Å². The number of rotatable bonds is 14. The van der Waals surface area contributed by atoms with Crippen LogP contribution in [0.25, 0.3) is 12.3 Å². The monoisotopic (exact) mass is 553 g/mol. The summed E-state index contributed by atoms with van der Waals surface area (Å²) in [6, 6.07) is 17.8. The quantitative estimate of drug-likeness (QED) is 0.298. The van der Waals surface area contributed by atoms with Crippen LogP contribution in [0.1, 0.15) is 12.0 Å². The molecule has 11 heteroatoms. The number of fused-ring (bicyclic) bond motifs is 1. The molecule has 0 aliphatic carbocycles. The molecule has 39 heavy (non-hydrogen) atoms. The van der Waals surface area contributed by atoms with Crippen molar-refractivity contribution in [2.45, 2.75) is 19.3 Å². The summed E-state index contributed by atoms with van der Waals surface area (Å²) in [6.45, 7) is 2.18. The van der Waals surface area contributed by atoms with Crippen molar-refractivity contribution in [1.82, 2.24) is 19.9 Å². The number of anilines is 2. The Hall–Kier alpha value is -3.51. The smallest absolute Gasteiger partial charge is 0.173 e. The van der Waals surface area contributed by atoms with Crippen LogP contribution in [-0.4, -0.2) is 80.4 Å². The van der Waals surface area contributed by atoms with E-state index in [1.165, 1.54) is 12.6 Å². The highest BCUT2D eigenvalue weighted by atomic mass is 32.2. The maximum atomic E-state index is 11.4. The largest absolute Gasteiger partial charge is 0.489 e. The van der Waals surface area contributed by atoms with E-state index in [2.05, 4.69) is 15.3 Å². The molecule has 1 aliphatic heterocycles. The van der Waals surface area contributed by atoms with Crippen LogP contribution in [0.5, 0.6) is 5.75 Å². The van der Waals surface area contributed by atoms with Gasteiger partial charge < -0.3 is 19.7 Å². The maximum Gasteiger partial charge on any atom is 0.173 e. The van der Waals surface area contributed by atoms with E-state index in [4.69, 9.17) is 14.3 Å². The molecule has 1 atom stereocenters. The summed E-state index contributed by atoms with van der Waals surface area (Å²) in [7, 11) is 0.502. The van der Waals surface area contributed by atoms with Crippen molar-refractivity contribution in [3.05, 3.63) is 77.1 Å². The topological polar surface area (TPSA) is 106 Å². The summed E-state index contributed by atoms with van der Waals surface area (Å²) in [6.07, 6.45) is 6.73. The zero-order valence-electron chi connectivity index (χ0n) is 22.5. The van der Waals surface area contributed by atoms with Gasteiger partial charge in [-0.25, -0.2) is 23.4 Å². The highest BCUT2D eigenvalue weighted by Crippen LogP contribution is 2.19. The summed E-state index contributed by atoms with van der Waals surface area (Å²) in [5.74, 6) is 1.57. The molecule has 0 saturated heterocycles. The zero-order valence-corrected chi connectivity index (χ0v) is 23.3. The van der Waals surface area contributed by atoms with Crippen LogP contribution in [0.2, 0.25) is 0 Å². The molecule has 1 N–H and O–H groups in total. The van der Waals surface area contributed by atoms with Crippen LogP contribution in [0.15, 0.2) is 60.9 Å². The number of sulfone groups is 1. The first-order valence-corrected chi connectivity index (χ1v) is 14.8. The van der Waals surface area contributed by atoms with Gasteiger partial charge in [-0.1, -0.05) is 30.3 Å². The number of ether oxygens (including phenoxy) is 2. The van der Waals surface area contributed by atoms with Gasteiger partial charge in [0.05, 0.1) is 31.0 Å². The van der Waals surface area contributed by atoms with Gasteiger partial charge in [-0.15, -0.1) is 0 Å². The molecule has 1 aromatic heterocycles. The minimum atomic E-state index is -2.98. The summed E-state index contributed by atoms with van der Waals surface area (Å²) in [5, 5.41) is 6.49. The minimum absolute atomic E-state index is 0.142. The van der Waals surface area contributed by atoms with Crippen LogP contribution in [0, 0.1) is 0 Å². The normalized spacial score (nSPS) is 14.9. The van der Waals surface area contributed by atoms with Crippen LogP contribution in [0.3, 0.4) is 0 Å². The van der Waals surface area contributed by atoms with Crippen molar-refractivity contribution in [3.63, 3.8) is 0 Å². The molecule has 4 rings (SSSR count). The highest BCUT2D eigenvalue weighted by molar-refractivity contribution is 7.90. The van der Waals surface area contributed by atoms with Gasteiger partial charge in [0.25, 0.3) is 0 Å². The number of aromatic nitrogens is 2. The molecule has 0 amide bonds. The molecule has 208 valence electrons. The third-order valence-corrected chi connectivity index (χ3v) is 7.04.